The number of aryl methyl sites for hydroxylation is 2. The number of esters is 1. The minimum absolute atomic E-state index is 0.0572. The molecule has 0 aliphatic rings. The molecule has 5 heteroatoms. The van der Waals surface area contributed by atoms with Gasteiger partial charge in [-0.25, -0.2) is 9.59 Å². The number of carbonyl (C=O) groups excluding carboxylic acids is 1. The van der Waals surface area contributed by atoms with Gasteiger partial charge in [-0.3, -0.25) is 0 Å². The third kappa shape index (κ3) is 3.06. The Balaban J connectivity index is 3.22. The Bertz CT molecular complexity index is 466. The molecule has 1 rings (SSSR count). The van der Waals surface area contributed by atoms with Crippen LogP contribution >= 0.6 is 11.3 Å². The van der Waals surface area contributed by atoms with Gasteiger partial charge in [0, 0.05) is 9.75 Å². The predicted octanol–water partition coefficient (Wildman–Crippen LogP) is 3.02. The normalized spacial score (nSPS) is 11.4. The molecule has 0 aliphatic heterocycles. The van der Waals surface area contributed by atoms with Crippen LogP contribution in [0.3, 0.4) is 0 Å². The van der Waals surface area contributed by atoms with E-state index in [4.69, 9.17) is 9.84 Å². The standard InChI is InChI=1S/C12H16O4S/c1-6-8(10(13)14)9(7(2)17-6)11(15)16-12(3,4)5/h1-5H3,(H,13,14). The van der Waals surface area contributed by atoms with Gasteiger partial charge in [-0.2, -0.15) is 0 Å². The monoisotopic (exact) mass is 256 g/mol. The Morgan fingerprint density at radius 2 is 1.59 bits per heavy atom. The maximum absolute atomic E-state index is 11.9. The zero-order chi connectivity index (χ0) is 13.4. The Morgan fingerprint density at radius 3 is 2.00 bits per heavy atom. The highest BCUT2D eigenvalue weighted by atomic mass is 32.1. The van der Waals surface area contributed by atoms with Gasteiger partial charge in [-0.05, 0) is 34.6 Å². The number of hydrogen-bond acceptors (Lipinski definition) is 4. The molecule has 4 nitrogen and oxygen atoms in total. The van der Waals surface area contributed by atoms with E-state index in [0.717, 1.165) is 0 Å². The molecule has 0 amide bonds. The third-order valence-electron chi connectivity index (χ3n) is 2.08. The number of carboxylic acid groups (broad SMARTS) is 1. The maximum Gasteiger partial charge on any atom is 0.340 e. The number of aromatic carboxylic acids is 1. The minimum atomic E-state index is -1.09. The first kappa shape index (κ1) is 13.7. The summed E-state index contributed by atoms with van der Waals surface area (Å²) >= 11 is 1.30. The smallest absolute Gasteiger partial charge is 0.340 e. The third-order valence-corrected chi connectivity index (χ3v) is 3.10. The highest BCUT2D eigenvalue weighted by Gasteiger charge is 2.28. The van der Waals surface area contributed by atoms with Crippen LogP contribution in [0.2, 0.25) is 0 Å². The zero-order valence-corrected chi connectivity index (χ0v) is 11.4. The van der Waals surface area contributed by atoms with Gasteiger partial charge in [0.15, 0.2) is 0 Å². The van der Waals surface area contributed by atoms with Crippen molar-refractivity contribution in [1.29, 1.82) is 0 Å². The average Bonchev–Trinajstić information content (AvgIpc) is 2.37. The Kier molecular flexibility index (Phi) is 3.62. The van der Waals surface area contributed by atoms with Gasteiger partial charge < -0.3 is 9.84 Å². The van der Waals surface area contributed by atoms with Crippen LogP contribution in [0.4, 0.5) is 0 Å². The quantitative estimate of drug-likeness (QED) is 0.826. The number of hydrogen-bond donors (Lipinski definition) is 1. The Morgan fingerprint density at radius 1 is 1.12 bits per heavy atom. The number of carbonyl (C=O) groups is 2. The second-order valence-corrected chi connectivity index (χ2v) is 6.20. The van der Waals surface area contributed by atoms with Crippen LogP contribution in [0, 0.1) is 13.8 Å². The summed E-state index contributed by atoms with van der Waals surface area (Å²) in [6, 6.07) is 0. The number of thiophene rings is 1. The van der Waals surface area contributed by atoms with Crippen LogP contribution in [0.25, 0.3) is 0 Å². The van der Waals surface area contributed by atoms with Crippen molar-refractivity contribution in [3.8, 4) is 0 Å². The largest absolute Gasteiger partial charge is 0.478 e. The molecule has 0 spiro atoms. The van der Waals surface area contributed by atoms with Crippen molar-refractivity contribution < 1.29 is 19.4 Å². The number of rotatable bonds is 2. The van der Waals surface area contributed by atoms with E-state index in [-0.39, 0.29) is 11.1 Å². The summed E-state index contributed by atoms with van der Waals surface area (Å²) in [4.78, 5) is 24.4. The molecule has 17 heavy (non-hydrogen) atoms. The van der Waals surface area contributed by atoms with Crippen LogP contribution in [0.1, 0.15) is 51.2 Å². The molecule has 0 aromatic carbocycles. The average molecular weight is 256 g/mol. The lowest BCUT2D eigenvalue weighted by Gasteiger charge is -2.19. The fourth-order valence-corrected chi connectivity index (χ4v) is 2.55. The molecule has 0 bridgehead atoms. The van der Waals surface area contributed by atoms with Crippen molar-refractivity contribution in [1.82, 2.24) is 0 Å². The molecular formula is C12H16O4S. The summed E-state index contributed by atoms with van der Waals surface area (Å²) < 4.78 is 5.21. The SMILES string of the molecule is Cc1sc(C)c(C(=O)OC(C)(C)C)c1C(=O)O. The van der Waals surface area contributed by atoms with E-state index in [2.05, 4.69) is 0 Å². The maximum atomic E-state index is 11.9. The lowest BCUT2D eigenvalue weighted by atomic mass is 10.1. The van der Waals surface area contributed by atoms with Gasteiger partial charge in [-0.15, -0.1) is 11.3 Å². The molecule has 1 aromatic rings. The van der Waals surface area contributed by atoms with Crippen LogP contribution < -0.4 is 0 Å². The Labute approximate surface area is 104 Å². The van der Waals surface area contributed by atoms with E-state index in [1.807, 2.05) is 0 Å². The highest BCUT2D eigenvalue weighted by molar-refractivity contribution is 7.12. The van der Waals surface area contributed by atoms with Gasteiger partial charge in [-0.1, -0.05) is 0 Å². The summed E-state index contributed by atoms with van der Waals surface area (Å²) in [5, 5.41) is 9.11. The zero-order valence-electron chi connectivity index (χ0n) is 10.6. The van der Waals surface area contributed by atoms with E-state index in [9.17, 15) is 9.59 Å². The highest BCUT2D eigenvalue weighted by Crippen LogP contribution is 2.29. The van der Waals surface area contributed by atoms with Crippen molar-refractivity contribution in [2.24, 2.45) is 0 Å². The van der Waals surface area contributed by atoms with E-state index >= 15 is 0 Å². The fourth-order valence-electron chi connectivity index (χ4n) is 1.52. The van der Waals surface area contributed by atoms with Crippen LogP contribution in [-0.2, 0) is 4.74 Å². The molecule has 0 saturated heterocycles. The molecule has 1 heterocycles. The summed E-state index contributed by atoms with van der Waals surface area (Å²) in [6.45, 7) is 8.66. The molecule has 0 radical (unpaired) electrons. The number of ether oxygens (including phenoxy) is 1. The van der Waals surface area contributed by atoms with Gasteiger partial charge in [0.2, 0.25) is 0 Å². The van der Waals surface area contributed by atoms with Crippen LogP contribution in [-0.4, -0.2) is 22.6 Å². The first-order chi connectivity index (χ1) is 7.63. The van der Waals surface area contributed by atoms with Crippen molar-refractivity contribution in [2.75, 3.05) is 0 Å². The molecule has 94 valence electrons. The van der Waals surface area contributed by atoms with Crippen LogP contribution in [0.5, 0.6) is 0 Å². The number of carboxylic acids is 1. The first-order valence-electron chi connectivity index (χ1n) is 5.20. The topological polar surface area (TPSA) is 63.6 Å². The summed E-state index contributed by atoms with van der Waals surface area (Å²) in [5.41, 5.74) is -0.397. The van der Waals surface area contributed by atoms with E-state index in [0.29, 0.717) is 9.75 Å². The van der Waals surface area contributed by atoms with Gasteiger partial charge in [0.25, 0.3) is 0 Å². The van der Waals surface area contributed by atoms with Crippen molar-refractivity contribution in [2.45, 2.75) is 40.2 Å². The lowest BCUT2D eigenvalue weighted by Crippen LogP contribution is -2.25. The van der Waals surface area contributed by atoms with Crippen molar-refractivity contribution in [3.63, 3.8) is 0 Å². The molecule has 0 unspecified atom stereocenters. The Hall–Kier alpha value is -1.36. The molecule has 1 aromatic heterocycles. The minimum Gasteiger partial charge on any atom is -0.478 e. The van der Waals surface area contributed by atoms with E-state index in [1.165, 1.54) is 11.3 Å². The van der Waals surface area contributed by atoms with Gasteiger partial charge >= 0.3 is 11.9 Å². The van der Waals surface area contributed by atoms with Crippen molar-refractivity contribution in [3.05, 3.63) is 20.9 Å². The molecular weight excluding hydrogens is 240 g/mol. The fraction of sp³-hybridized carbons (Fsp3) is 0.500. The molecule has 0 atom stereocenters. The molecule has 0 fully saturated rings. The molecule has 0 saturated carbocycles. The predicted molar refractivity (Wildman–Crippen MR) is 65.9 cm³/mol. The van der Waals surface area contributed by atoms with Crippen LogP contribution in [0.15, 0.2) is 0 Å². The lowest BCUT2D eigenvalue weighted by molar-refractivity contribution is 0.00657. The van der Waals surface area contributed by atoms with Gasteiger partial charge in [0.05, 0.1) is 11.1 Å². The van der Waals surface area contributed by atoms with Crippen molar-refractivity contribution >= 4 is 23.3 Å². The summed E-state index contributed by atoms with van der Waals surface area (Å²) in [7, 11) is 0. The second-order valence-electron chi connectivity index (χ2n) is 4.77. The van der Waals surface area contributed by atoms with Gasteiger partial charge in [0.1, 0.15) is 5.60 Å². The second kappa shape index (κ2) is 4.49. The molecule has 0 aliphatic carbocycles. The van der Waals surface area contributed by atoms with E-state index in [1.54, 1.807) is 34.6 Å². The first-order valence-corrected chi connectivity index (χ1v) is 6.01. The molecule has 1 N–H and O–H groups in total. The summed E-state index contributed by atoms with van der Waals surface area (Å²) in [5.74, 6) is -1.66. The summed E-state index contributed by atoms with van der Waals surface area (Å²) in [6.07, 6.45) is 0. The van der Waals surface area contributed by atoms with E-state index < -0.39 is 17.5 Å².